The molecule has 0 unspecified atom stereocenters. The predicted molar refractivity (Wildman–Crippen MR) is 66.1 cm³/mol. The number of aromatic amines is 1. The van der Waals surface area contributed by atoms with Crippen LogP contribution < -0.4 is 16.8 Å². The fourth-order valence-electron chi connectivity index (χ4n) is 1.63. The molecule has 0 aliphatic rings. The number of nitrogens with one attached hydrogen (secondary N) is 2. The minimum atomic E-state index is -0.489. The highest BCUT2D eigenvalue weighted by Gasteiger charge is 2.06. The van der Waals surface area contributed by atoms with Gasteiger partial charge in [-0.15, -0.1) is 0 Å². The summed E-state index contributed by atoms with van der Waals surface area (Å²) in [6.45, 7) is 0.906. The Morgan fingerprint density at radius 2 is 2.24 bits per heavy atom. The number of aliphatic hydroxyl groups is 1. The molecule has 1 aromatic heterocycles. The molecule has 92 valence electrons. The highest BCUT2D eigenvalue weighted by Crippen LogP contribution is 2.24. The van der Waals surface area contributed by atoms with E-state index in [2.05, 4.69) is 10.3 Å². The Morgan fingerprint density at radius 3 is 3.00 bits per heavy atom. The van der Waals surface area contributed by atoms with Crippen molar-refractivity contribution >= 4 is 22.5 Å². The molecule has 0 spiro atoms. The van der Waals surface area contributed by atoms with Crippen LogP contribution in [0.25, 0.3) is 11.1 Å². The summed E-state index contributed by atoms with van der Waals surface area (Å²) < 4.78 is 4.89. The number of rotatable bonds is 5. The van der Waals surface area contributed by atoms with E-state index in [1.807, 2.05) is 0 Å². The number of benzene rings is 1. The first-order chi connectivity index (χ1) is 8.20. The standard InChI is InChI=1S/C11H15N3O3/c12-7-5-10-9(14-11(16)17-10)6-8(7)13-3-1-2-4-15/h5-6,13,15H,1-4,12H2,(H,14,16). The van der Waals surface area contributed by atoms with Gasteiger partial charge in [-0.1, -0.05) is 0 Å². The second-order valence-corrected chi connectivity index (χ2v) is 3.81. The molecule has 17 heavy (non-hydrogen) atoms. The Bertz CT molecular complexity index is 559. The van der Waals surface area contributed by atoms with E-state index in [0.29, 0.717) is 16.8 Å². The quantitative estimate of drug-likeness (QED) is 0.456. The topological polar surface area (TPSA) is 104 Å². The molecule has 2 aromatic rings. The molecule has 0 aliphatic heterocycles. The molecule has 0 saturated carbocycles. The Morgan fingerprint density at radius 1 is 1.41 bits per heavy atom. The number of nitrogen functional groups attached to an aromatic ring is 1. The summed E-state index contributed by atoms with van der Waals surface area (Å²) in [5.41, 5.74) is 8.18. The maximum absolute atomic E-state index is 11.0. The summed E-state index contributed by atoms with van der Waals surface area (Å²) in [7, 11) is 0. The van der Waals surface area contributed by atoms with Crippen LogP contribution in [0.4, 0.5) is 11.4 Å². The summed E-state index contributed by atoms with van der Waals surface area (Å²) in [4.78, 5) is 13.6. The zero-order chi connectivity index (χ0) is 12.3. The van der Waals surface area contributed by atoms with E-state index in [1.54, 1.807) is 12.1 Å². The first-order valence-electron chi connectivity index (χ1n) is 5.48. The van der Waals surface area contributed by atoms with Gasteiger partial charge in [0.15, 0.2) is 5.58 Å². The van der Waals surface area contributed by atoms with Gasteiger partial charge >= 0.3 is 5.76 Å². The maximum atomic E-state index is 11.0. The van der Waals surface area contributed by atoms with Crippen molar-refractivity contribution in [2.24, 2.45) is 0 Å². The second kappa shape index (κ2) is 4.92. The summed E-state index contributed by atoms with van der Waals surface area (Å²) in [5, 5.41) is 11.8. The monoisotopic (exact) mass is 237 g/mol. The number of hydrogen-bond donors (Lipinski definition) is 4. The van der Waals surface area contributed by atoms with Crippen LogP contribution in [-0.2, 0) is 0 Å². The van der Waals surface area contributed by atoms with Crippen LogP contribution in [0, 0.1) is 0 Å². The zero-order valence-electron chi connectivity index (χ0n) is 9.32. The number of aromatic nitrogens is 1. The Hall–Kier alpha value is -1.95. The van der Waals surface area contributed by atoms with E-state index in [0.717, 1.165) is 25.1 Å². The molecule has 0 fully saturated rings. The van der Waals surface area contributed by atoms with Gasteiger partial charge in [-0.05, 0) is 18.9 Å². The number of nitrogens with two attached hydrogens (primary N) is 1. The third kappa shape index (κ3) is 2.59. The fourth-order valence-corrected chi connectivity index (χ4v) is 1.63. The summed E-state index contributed by atoms with van der Waals surface area (Å²) in [5.74, 6) is -0.489. The van der Waals surface area contributed by atoms with Gasteiger partial charge in [-0.25, -0.2) is 4.79 Å². The molecule has 6 heteroatoms. The number of H-pyrrole nitrogens is 1. The van der Waals surface area contributed by atoms with Crippen molar-refractivity contribution in [3.63, 3.8) is 0 Å². The first-order valence-corrected chi connectivity index (χ1v) is 5.48. The number of oxazole rings is 1. The van der Waals surface area contributed by atoms with Crippen LogP contribution in [0.15, 0.2) is 21.3 Å². The van der Waals surface area contributed by atoms with E-state index < -0.39 is 5.76 Å². The number of aliphatic hydroxyl groups excluding tert-OH is 1. The third-order valence-corrected chi connectivity index (χ3v) is 2.49. The maximum Gasteiger partial charge on any atom is 0.417 e. The first kappa shape index (κ1) is 11.5. The van der Waals surface area contributed by atoms with Crippen LogP contribution in [0.3, 0.4) is 0 Å². The molecule has 1 heterocycles. The van der Waals surface area contributed by atoms with E-state index >= 15 is 0 Å². The summed E-state index contributed by atoms with van der Waals surface area (Å²) in [6, 6.07) is 3.36. The van der Waals surface area contributed by atoms with Gasteiger partial charge in [-0.3, -0.25) is 4.98 Å². The predicted octanol–water partition coefficient (Wildman–Crippen LogP) is 0.888. The van der Waals surface area contributed by atoms with Crippen LogP contribution in [0.1, 0.15) is 12.8 Å². The number of unbranched alkanes of at least 4 members (excludes halogenated alkanes) is 1. The Labute approximate surface area is 97.4 Å². The average Bonchev–Trinajstić information content (AvgIpc) is 2.63. The average molecular weight is 237 g/mol. The van der Waals surface area contributed by atoms with Crippen LogP contribution in [-0.4, -0.2) is 23.2 Å². The summed E-state index contributed by atoms with van der Waals surface area (Å²) >= 11 is 0. The normalized spacial score (nSPS) is 10.9. The van der Waals surface area contributed by atoms with Gasteiger partial charge in [-0.2, -0.15) is 0 Å². The van der Waals surface area contributed by atoms with Gasteiger partial charge < -0.3 is 20.6 Å². The molecule has 0 saturated heterocycles. The molecule has 6 nitrogen and oxygen atoms in total. The van der Waals surface area contributed by atoms with E-state index in [1.165, 1.54) is 0 Å². The molecule has 1 aromatic carbocycles. The van der Waals surface area contributed by atoms with Crippen molar-refractivity contribution in [1.29, 1.82) is 0 Å². The Kier molecular flexibility index (Phi) is 3.34. The van der Waals surface area contributed by atoms with Crippen LogP contribution in [0.2, 0.25) is 0 Å². The lowest BCUT2D eigenvalue weighted by Crippen LogP contribution is -2.04. The summed E-state index contributed by atoms with van der Waals surface area (Å²) in [6.07, 6.45) is 1.60. The SMILES string of the molecule is Nc1cc2oc(=O)[nH]c2cc1NCCCCO. The van der Waals surface area contributed by atoms with E-state index in [9.17, 15) is 4.79 Å². The minimum absolute atomic E-state index is 0.186. The van der Waals surface area contributed by atoms with Crippen molar-refractivity contribution in [1.82, 2.24) is 4.98 Å². The van der Waals surface area contributed by atoms with E-state index in [-0.39, 0.29) is 6.61 Å². The lowest BCUT2D eigenvalue weighted by atomic mass is 10.2. The molecule has 0 bridgehead atoms. The molecular formula is C11H15N3O3. The van der Waals surface area contributed by atoms with Crippen molar-refractivity contribution in [2.75, 3.05) is 24.2 Å². The van der Waals surface area contributed by atoms with Crippen LogP contribution >= 0.6 is 0 Å². The zero-order valence-corrected chi connectivity index (χ0v) is 9.32. The smallest absolute Gasteiger partial charge is 0.408 e. The lowest BCUT2D eigenvalue weighted by Gasteiger charge is -2.08. The van der Waals surface area contributed by atoms with Crippen molar-refractivity contribution in [3.05, 3.63) is 22.7 Å². The van der Waals surface area contributed by atoms with Crippen molar-refractivity contribution < 1.29 is 9.52 Å². The molecule has 0 aliphatic carbocycles. The molecule has 0 amide bonds. The number of anilines is 2. The van der Waals surface area contributed by atoms with Crippen molar-refractivity contribution in [2.45, 2.75) is 12.8 Å². The second-order valence-electron chi connectivity index (χ2n) is 3.81. The lowest BCUT2D eigenvalue weighted by molar-refractivity contribution is 0.286. The number of fused-ring (bicyclic) bond motifs is 1. The molecule has 0 atom stereocenters. The molecular weight excluding hydrogens is 222 g/mol. The van der Waals surface area contributed by atoms with Crippen LogP contribution in [0.5, 0.6) is 0 Å². The minimum Gasteiger partial charge on any atom is -0.408 e. The highest BCUT2D eigenvalue weighted by atomic mass is 16.4. The van der Waals surface area contributed by atoms with E-state index in [4.69, 9.17) is 15.3 Å². The van der Waals surface area contributed by atoms with Gasteiger partial charge in [0.1, 0.15) is 0 Å². The van der Waals surface area contributed by atoms with Gasteiger partial charge in [0.25, 0.3) is 0 Å². The Balaban J connectivity index is 2.16. The molecule has 0 radical (unpaired) electrons. The largest absolute Gasteiger partial charge is 0.417 e. The van der Waals surface area contributed by atoms with Gasteiger partial charge in [0, 0.05) is 19.2 Å². The molecule has 5 N–H and O–H groups in total. The van der Waals surface area contributed by atoms with Gasteiger partial charge in [0.2, 0.25) is 0 Å². The number of hydrogen-bond acceptors (Lipinski definition) is 5. The van der Waals surface area contributed by atoms with Gasteiger partial charge in [0.05, 0.1) is 16.9 Å². The third-order valence-electron chi connectivity index (χ3n) is 2.49. The fraction of sp³-hybridized carbons (Fsp3) is 0.364. The van der Waals surface area contributed by atoms with Crippen molar-refractivity contribution in [3.8, 4) is 0 Å². The molecule has 2 rings (SSSR count). The highest BCUT2D eigenvalue weighted by molar-refractivity contribution is 5.85.